The molecule has 0 amide bonds. The van der Waals surface area contributed by atoms with Crippen molar-refractivity contribution >= 4 is 87.8 Å². The molecule has 8 heterocycles. The van der Waals surface area contributed by atoms with E-state index in [1.807, 2.05) is 49.4 Å². The standard InChI is InChI=1S/C36H40NO.C34H36NO.C32H32NO.C30H28NO.2CH4/c1-21(2)18-36(19-22(3)4)29-12-10-9-11-28(29)33-30(36)16-15-27-26-14-13-23(5)32(34(26)38-35(27)33)31-17-24(6)25(7)20-37(31)8;1-19(2)34(20(3)4)27-12-10-9-11-26(27)31-28(34)16-15-25-24-14-13-21(5)30(32(24)36-33(25)31)29-17-22(6)23(7)18-35(29)8;1-7-32(8-2)25-12-10-9-11-24(25)29-26(32)16-15-23-22-14-13-19(3)28(30(22)34-31(23)29)27-17-20(4)21(5)18-33(27)6;1-17-11-12-22-23-14-13-21-20-9-7-8-10-24(20)30(4,5)27(21)29(23)32-28(22)26(17)25-15-18(2)19(3)16-31(25)6;;/h9-17,20-22H,18-19H2,1-8H3;9-20H,1-8H3;9-18H,7-8H2,1-6H3;7-16H,1-6H3;2*1H4/q4*+1;;/i1D3,2D3,3D3,4D3,6D3,7D3,18D2,19D2,21D,22D;1D3,2D3,3D3,4D3,6D3,7D3,19D,20D;1D3,2D3,4D3,5D3;2D3,3D3,4D3,5D3;;. The normalized spacial score (nSPS) is 23.3. The Labute approximate surface area is 937 Å². The molecule has 720 valence electrons. The number of rotatable bonds is 12. The Hall–Kier alpha value is -13.6. The molecule has 0 saturated carbocycles. The summed E-state index contributed by atoms with van der Waals surface area (Å²) < 4.78 is 606. The van der Waals surface area contributed by atoms with E-state index in [2.05, 4.69) is 0 Å². The summed E-state index contributed by atoms with van der Waals surface area (Å²) in [5.74, 6) is -16.7. The molecular formula is C134H144N4O4+4. The summed E-state index contributed by atoms with van der Waals surface area (Å²) in [5, 5.41) is 3.72. The zero-order valence-corrected chi connectivity index (χ0v) is 76.9. The lowest BCUT2D eigenvalue weighted by Crippen LogP contribution is -2.37. The molecule has 0 aliphatic heterocycles. The smallest absolute Gasteiger partial charge is 0.216 e. The van der Waals surface area contributed by atoms with E-state index in [0.29, 0.717) is 122 Å². The number of aryl methyl sites for hydroxylation is 16. The maximum atomic E-state index is 9.74. The van der Waals surface area contributed by atoms with Crippen molar-refractivity contribution in [3.8, 4) is 89.5 Å². The van der Waals surface area contributed by atoms with E-state index < -0.39 is 240 Å². The highest BCUT2D eigenvalue weighted by Crippen LogP contribution is 2.63. The molecule has 4 aliphatic carbocycles. The first-order valence-corrected chi connectivity index (χ1v) is 44.8. The van der Waals surface area contributed by atoms with Gasteiger partial charge in [0.25, 0.3) is 0 Å². The van der Waals surface area contributed by atoms with Crippen LogP contribution in [0.5, 0.6) is 0 Å². The van der Waals surface area contributed by atoms with Crippen molar-refractivity contribution in [1.29, 1.82) is 0 Å². The van der Waals surface area contributed by atoms with Crippen LogP contribution in [0.15, 0.2) is 261 Å². The van der Waals surface area contributed by atoms with Gasteiger partial charge in [0, 0.05) is 227 Å². The highest BCUT2D eigenvalue weighted by atomic mass is 16.3. The van der Waals surface area contributed by atoms with Crippen molar-refractivity contribution < 1.29 is 129 Å². The molecule has 0 N–H and O–H groups in total. The highest BCUT2D eigenvalue weighted by molar-refractivity contribution is 6.19. The maximum absolute atomic E-state index is 9.74. The van der Waals surface area contributed by atoms with E-state index >= 15 is 0 Å². The number of benzene rings is 12. The first-order chi connectivity index (χ1) is 94.2. The summed E-state index contributed by atoms with van der Waals surface area (Å²) in [6, 6.07) is 55.1. The Kier molecular flexibility index (Phi) is 11.4. The van der Waals surface area contributed by atoms with E-state index in [9.17, 15) is 11.0 Å². The van der Waals surface area contributed by atoms with Crippen LogP contribution < -0.4 is 18.3 Å². The Morgan fingerprint density at radius 1 is 0.282 bits per heavy atom. The van der Waals surface area contributed by atoms with Crippen LogP contribution in [-0.4, -0.2) is 0 Å². The molecule has 8 heteroatoms. The zero-order valence-electron chi connectivity index (χ0n) is 145. The van der Waals surface area contributed by atoms with Gasteiger partial charge in [0.1, 0.15) is 72.9 Å². The van der Waals surface area contributed by atoms with Crippen molar-refractivity contribution in [2.45, 2.75) is 227 Å². The molecule has 24 rings (SSSR count). The van der Waals surface area contributed by atoms with Crippen LogP contribution in [-0.2, 0) is 49.9 Å². The second-order valence-corrected chi connectivity index (χ2v) is 36.4. The van der Waals surface area contributed by atoms with Crippen molar-refractivity contribution in [1.82, 2.24) is 0 Å². The molecule has 142 heavy (non-hydrogen) atoms. The molecule has 12 aromatic carbocycles. The van der Waals surface area contributed by atoms with Crippen molar-refractivity contribution in [3.05, 3.63) is 354 Å². The second-order valence-electron chi connectivity index (χ2n) is 36.4. The Morgan fingerprint density at radius 3 is 0.937 bits per heavy atom. The molecule has 8 aromatic heterocycles. The van der Waals surface area contributed by atoms with Crippen LogP contribution in [0.1, 0.15) is 327 Å². The number of pyridine rings is 4. The average molecular weight is 1940 g/mol. The van der Waals surface area contributed by atoms with Crippen LogP contribution in [0.4, 0.5) is 0 Å². The molecule has 0 unspecified atom stereocenters. The lowest BCUT2D eigenvalue weighted by molar-refractivity contribution is -0.660. The zero-order chi connectivity index (χ0) is 156. The van der Waals surface area contributed by atoms with Gasteiger partial charge in [0.05, 0.1) is 22.3 Å². The van der Waals surface area contributed by atoms with Gasteiger partial charge in [-0.25, -0.2) is 18.3 Å². The maximum Gasteiger partial charge on any atom is 0.216 e. The monoisotopic (exact) mass is 1940 g/mol. The van der Waals surface area contributed by atoms with Gasteiger partial charge >= 0.3 is 0 Å². The summed E-state index contributed by atoms with van der Waals surface area (Å²) in [6.45, 7) is -58.3. The number of hydrogen-bond donors (Lipinski definition) is 0. The SMILES string of the molecule is C.C.[2H]C([2H])([2H])CC1(CC([2H])([2H])[2H])c2ccccc2-c2c1ccc1c2oc2c(-c3cc(C([2H])([2H])[2H])c(C([2H])([2H])[2H])c[n+]3C)c(C)ccc21.[2H]C([2H])([2H])c1cc(-c2c(C)ccc3c2oc2c4c(ccc23)-c2ccccc2C4(C([2H])([2H])[2H])C([2H])([2H])[2H])[n+](C)cc1C([2H])([2H])[2H].[2H]C([2H])([2H])c1cc(-c2c(C)ccc3c2oc2c4c(ccc23)C(C([2H])(C([2H])([2H])[2H])C([2H])([2H])[2H])(C([2H])(C([2H])([2H])[2H])C([2H])([2H])[2H])c2ccccc2-4)[n+](C)cc1C([2H])([2H])[2H].[2H]C([2H])([2H])c1cc(-c2c(C)ccc3c2oc2c4c(ccc23)C(C([2H])([2H])C([2H])(C([2H])([2H])[2H])C([2H])([2H])[2H])(C([2H])([2H])C([2H])(C([2H])([2H])[2H])C([2H])([2H])[2H])c2ccccc2-4)[n+](C)cc1C([2H])([2H])[2H]. The summed E-state index contributed by atoms with van der Waals surface area (Å²) >= 11 is 0. The van der Waals surface area contributed by atoms with E-state index in [-0.39, 0.29) is 134 Å². The van der Waals surface area contributed by atoms with Gasteiger partial charge in [0.15, 0.2) is 24.8 Å². The van der Waals surface area contributed by atoms with E-state index in [4.69, 9.17) is 99.9 Å². The van der Waals surface area contributed by atoms with Crippen molar-refractivity contribution in [2.75, 3.05) is 0 Å². The number of furan rings is 4. The van der Waals surface area contributed by atoms with E-state index in [1.165, 1.54) is 119 Å². The minimum absolute atomic E-state index is 0. The summed E-state index contributed by atoms with van der Waals surface area (Å²) in [5.41, 5.74) is -6.68. The van der Waals surface area contributed by atoms with Crippen molar-refractivity contribution in [2.24, 2.45) is 51.8 Å². The Balaban J connectivity index is 0.000000166. The molecule has 0 fully saturated rings. The van der Waals surface area contributed by atoms with Gasteiger partial charge in [0.2, 0.25) is 22.8 Å². The van der Waals surface area contributed by atoms with Gasteiger partial charge in [-0.1, -0.05) is 285 Å². The minimum Gasteiger partial charge on any atom is -0.455 e. The number of hydrogen-bond acceptors (Lipinski definition) is 4. The first kappa shape index (κ1) is 45.4. The third-order valence-electron chi connectivity index (χ3n) is 28.4. The Bertz CT molecular complexity index is 11400. The molecule has 0 spiro atoms. The van der Waals surface area contributed by atoms with Gasteiger partial charge in [-0.2, -0.15) is 0 Å². The van der Waals surface area contributed by atoms with Crippen LogP contribution in [0.3, 0.4) is 0 Å². The highest BCUT2D eigenvalue weighted by Gasteiger charge is 2.51. The molecule has 0 saturated heterocycles. The molecule has 0 atom stereocenters. The van der Waals surface area contributed by atoms with Crippen LogP contribution in [0, 0.1) is 106 Å². The Morgan fingerprint density at radius 2 is 0.577 bits per heavy atom. The van der Waals surface area contributed by atoms with Crippen LogP contribution in [0.2, 0.25) is 0 Å². The largest absolute Gasteiger partial charge is 0.455 e. The second kappa shape index (κ2) is 35.8. The predicted octanol–water partition coefficient (Wildman–Crippen LogP) is 34.6. The van der Waals surface area contributed by atoms with Crippen molar-refractivity contribution in [3.63, 3.8) is 0 Å². The predicted molar refractivity (Wildman–Crippen MR) is 597 cm³/mol. The molecule has 20 aromatic rings. The summed E-state index contributed by atoms with van der Waals surface area (Å²) in [7, 11) is 6.26. The van der Waals surface area contributed by atoms with Gasteiger partial charge in [-0.3, -0.25) is 0 Å². The van der Waals surface area contributed by atoms with Crippen LogP contribution in [0.25, 0.3) is 177 Å². The third kappa shape index (κ3) is 14.5. The van der Waals surface area contributed by atoms with Gasteiger partial charge < -0.3 is 17.7 Å². The number of fused-ring (bicyclic) bond motifs is 28. The molecule has 4 aliphatic rings. The number of nitrogens with zero attached hydrogens (tertiary/aromatic N) is 4. The third-order valence-corrected chi connectivity index (χ3v) is 28.4. The fraction of sp³-hybridized carbons (Fsp3) is 0.313. The lowest BCUT2D eigenvalue weighted by atomic mass is 9.63. The molecule has 8 nitrogen and oxygen atoms in total. The minimum atomic E-state index is -4.36. The summed E-state index contributed by atoms with van der Waals surface area (Å²) in [4.78, 5) is 0. The fourth-order valence-electron chi connectivity index (χ4n) is 21.9. The molecule has 0 radical (unpaired) electrons. The van der Waals surface area contributed by atoms with Gasteiger partial charge in [-0.05, 0) is 249 Å². The quantitative estimate of drug-likeness (QED) is 0.114. The fourth-order valence-corrected chi connectivity index (χ4v) is 21.9. The van der Waals surface area contributed by atoms with E-state index in [1.54, 1.807) is 118 Å². The number of aromatic nitrogens is 4. The topological polar surface area (TPSA) is 68.1 Å². The molecular weight excluding hydrogens is 1730 g/mol. The summed E-state index contributed by atoms with van der Waals surface area (Å²) in [6.07, 6.45) is -4.48. The lowest BCUT2D eigenvalue weighted by Gasteiger charge is -2.40. The average Bonchev–Trinajstić information content (AvgIpc) is 1.45. The first-order valence-electron chi connectivity index (χ1n) is 78.8. The van der Waals surface area contributed by atoms with Crippen LogP contribution >= 0.6 is 0 Å². The van der Waals surface area contributed by atoms with Gasteiger partial charge in [-0.15, -0.1) is 0 Å². The van der Waals surface area contributed by atoms with E-state index in [0.717, 1.165) is 46.8 Å². The molecule has 0 bridgehead atoms.